The van der Waals surface area contributed by atoms with Gasteiger partial charge in [-0.05, 0) is 37.0 Å². The molecular formula is C13H12BF3O2. The Morgan fingerprint density at radius 1 is 1.26 bits per heavy atom. The zero-order valence-electron chi connectivity index (χ0n) is 10.2. The molecule has 2 radical (unpaired) electrons. The molecule has 0 atom stereocenters. The van der Waals surface area contributed by atoms with Crippen LogP contribution in [0.4, 0.5) is 13.2 Å². The summed E-state index contributed by atoms with van der Waals surface area (Å²) in [5.74, 6) is -0.542. The predicted molar refractivity (Wildman–Crippen MR) is 63.6 cm³/mol. The van der Waals surface area contributed by atoms with Crippen LogP contribution in [-0.4, -0.2) is 13.8 Å². The minimum absolute atomic E-state index is 0.234. The first kappa shape index (κ1) is 14.0. The summed E-state index contributed by atoms with van der Waals surface area (Å²) in [6.45, 7) is 0. The van der Waals surface area contributed by atoms with Crippen LogP contribution in [0.5, 0.6) is 0 Å². The molecule has 0 N–H and O–H groups in total. The Hall–Kier alpha value is -1.46. The van der Waals surface area contributed by atoms with Crippen molar-refractivity contribution in [2.75, 3.05) is 0 Å². The normalized spacial score (nSPS) is 17.6. The summed E-state index contributed by atoms with van der Waals surface area (Å²) in [6.07, 6.45) is -2.49. The van der Waals surface area contributed by atoms with E-state index >= 15 is 0 Å². The maximum Gasteiger partial charge on any atom is 0.416 e. The van der Waals surface area contributed by atoms with Gasteiger partial charge in [0.15, 0.2) is 0 Å². The van der Waals surface area contributed by atoms with Gasteiger partial charge in [0.25, 0.3) is 5.97 Å². The Balaban J connectivity index is 2.22. The van der Waals surface area contributed by atoms with Crippen molar-refractivity contribution in [2.24, 2.45) is 0 Å². The number of hydrogen-bond acceptors (Lipinski definition) is 2. The molecule has 0 amide bonds. The van der Waals surface area contributed by atoms with Gasteiger partial charge in [-0.2, -0.15) is 13.2 Å². The van der Waals surface area contributed by atoms with E-state index in [1.54, 1.807) is 0 Å². The molecule has 1 aliphatic carbocycles. The van der Waals surface area contributed by atoms with E-state index in [9.17, 15) is 18.0 Å². The lowest BCUT2D eigenvalue weighted by Gasteiger charge is -2.41. The van der Waals surface area contributed by atoms with Crippen molar-refractivity contribution >= 4 is 13.8 Å². The van der Waals surface area contributed by atoms with Gasteiger partial charge in [-0.25, -0.2) is 0 Å². The lowest BCUT2D eigenvalue weighted by molar-refractivity contribution is -0.168. The third kappa shape index (κ3) is 2.77. The van der Waals surface area contributed by atoms with Crippen molar-refractivity contribution in [1.82, 2.24) is 0 Å². The molecule has 6 heteroatoms. The summed E-state index contributed by atoms with van der Waals surface area (Å²) in [7, 11) is 5.19. The highest BCUT2D eigenvalue weighted by Gasteiger charge is 2.42. The second-order valence-electron chi connectivity index (χ2n) is 4.60. The second-order valence-corrected chi connectivity index (χ2v) is 4.60. The standard InChI is InChI=1S/C13H12BF3O2/c14-8-11(18)19-12(6-1-7-12)9-2-4-10(5-3-9)13(15,16)17/h2-5H,1,6-8H2. The molecule has 2 rings (SSSR count). The molecule has 2 nitrogen and oxygen atoms in total. The highest BCUT2D eigenvalue weighted by Crippen LogP contribution is 2.45. The van der Waals surface area contributed by atoms with Crippen molar-refractivity contribution in [2.45, 2.75) is 37.4 Å². The number of alkyl halides is 3. The molecule has 0 bridgehead atoms. The van der Waals surface area contributed by atoms with Gasteiger partial charge in [-0.15, -0.1) is 0 Å². The number of carbonyl (C=O) groups excluding carboxylic acids is 1. The van der Waals surface area contributed by atoms with Gasteiger partial charge in [0.1, 0.15) is 5.60 Å². The summed E-state index contributed by atoms with van der Waals surface area (Å²) in [6, 6.07) is 4.74. The fraction of sp³-hybridized carbons (Fsp3) is 0.462. The Morgan fingerprint density at radius 3 is 2.21 bits per heavy atom. The highest BCUT2D eigenvalue weighted by atomic mass is 19.4. The number of rotatable bonds is 3. The van der Waals surface area contributed by atoms with E-state index in [0.717, 1.165) is 18.6 Å². The first-order chi connectivity index (χ1) is 8.87. The summed E-state index contributed by atoms with van der Waals surface area (Å²) < 4.78 is 42.7. The molecule has 100 valence electrons. The molecule has 0 heterocycles. The molecule has 1 aromatic rings. The van der Waals surface area contributed by atoms with E-state index < -0.39 is 23.3 Å². The van der Waals surface area contributed by atoms with Crippen molar-refractivity contribution in [3.8, 4) is 0 Å². The first-order valence-corrected chi connectivity index (χ1v) is 5.97. The zero-order chi connectivity index (χ0) is 14.1. The van der Waals surface area contributed by atoms with Crippen LogP contribution in [0.3, 0.4) is 0 Å². The largest absolute Gasteiger partial charge is 0.455 e. The van der Waals surface area contributed by atoms with Crippen LogP contribution in [0.1, 0.15) is 30.4 Å². The van der Waals surface area contributed by atoms with Crippen LogP contribution in [0.2, 0.25) is 6.32 Å². The Kier molecular flexibility index (Phi) is 3.61. The molecule has 1 aromatic carbocycles. The first-order valence-electron chi connectivity index (χ1n) is 5.97. The average Bonchev–Trinajstić information content (AvgIpc) is 2.32. The summed E-state index contributed by atoms with van der Waals surface area (Å²) in [5.41, 5.74) is -0.912. The van der Waals surface area contributed by atoms with E-state index in [-0.39, 0.29) is 6.32 Å². The number of hydrogen-bond donors (Lipinski definition) is 0. The van der Waals surface area contributed by atoms with Gasteiger partial charge < -0.3 is 4.74 Å². The van der Waals surface area contributed by atoms with Crippen LogP contribution in [0, 0.1) is 0 Å². The van der Waals surface area contributed by atoms with Gasteiger partial charge in [0, 0.05) is 6.32 Å². The van der Waals surface area contributed by atoms with E-state index in [4.69, 9.17) is 12.6 Å². The molecule has 0 aromatic heterocycles. The van der Waals surface area contributed by atoms with Crippen molar-refractivity contribution in [3.05, 3.63) is 35.4 Å². The van der Waals surface area contributed by atoms with Gasteiger partial charge in [0.05, 0.1) is 13.4 Å². The smallest absolute Gasteiger partial charge is 0.416 e. The summed E-state index contributed by atoms with van der Waals surface area (Å²) in [5, 5.41) is 0. The molecule has 1 fully saturated rings. The Bertz CT molecular complexity index is 464. The predicted octanol–water partition coefficient (Wildman–Crippen LogP) is 3.21. The highest BCUT2D eigenvalue weighted by molar-refractivity contribution is 6.18. The van der Waals surface area contributed by atoms with E-state index in [1.165, 1.54) is 12.1 Å². The number of ether oxygens (including phenoxy) is 1. The fourth-order valence-electron chi connectivity index (χ4n) is 2.17. The third-order valence-corrected chi connectivity index (χ3v) is 3.38. The monoisotopic (exact) mass is 268 g/mol. The quantitative estimate of drug-likeness (QED) is 0.621. The summed E-state index contributed by atoms with van der Waals surface area (Å²) >= 11 is 0. The molecule has 0 aliphatic heterocycles. The van der Waals surface area contributed by atoms with E-state index in [0.29, 0.717) is 18.4 Å². The molecule has 0 spiro atoms. The second kappa shape index (κ2) is 4.91. The van der Waals surface area contributed by atoms with Crippen LogP contribution < -0.4 is 0 Å². The van der Waals surface area contributed by atoms with Crippen molar-refractivity contribution in [3.63, 3.8) is 0 Å². The average molecular weight is 268 g/mol. The number of halogens is 3. The minimum atomic E-state index is -4.36. The molecule has 0 saturated heterocycles. The molecular weight excluding hydrogens is 256 g/mol. The number of benzene rings is 1. The summed E-state index contributed by atoms with van der Waals surface area (Å²) in [4.78, 5) is 11.3. The van der Waals surface area contributed by atoms with Gasteiger partial charge in [-0.3, -0.25) is 4.79 Å². The molecule has 19 heavy (non-hydrogen) atoms. The van der Waals surface area contributed by atoms with Crippen LogP contribution in [0.25, 0.3) is 0 Å². The Labute approximate surface area is 110 Å². The minimum Gasteiger partial charge on any atom is -0.455 e. The van der Waals surface area contributed by atoms with Gasteiger partial charge >= 0.3 is 6.18 Å². The van der Waals surface area contributed by atoms with Crippen molar-refractivity contribution in [1.29, 1.82) is 0 Å². The molecule has 1 aliphatic rings. The maximum absolute atomic E-state index is 12.5. The van der Waals surface area contributed by atoms with Gasteiger partial charge in [-0.1, -0.05) is 12.1 Å². The lowest BCUT2D eigenvalue weighted by Crippen LogP contribution is -2.39. The molecule has 0 unspecified atom stereocenters. The SMILES string of the molecule is [B]CC(=O)OC1(c2ccc(C(F)(F)F)cc2)CCC1. The Morgan fingerprint density at radius 2 is 1.84 bits per heavy atom. The van der Waals surface area contributed by atoms with E-state index in [2.05, 4.69) is 0 Å². The van der Waals surface area contributed by atoms with Gasteiger partial charge in [0.2, 0.25) is 0 Å². The lowest BCUT2D eigenvalue weighted by atomic mass is 9.74. The van der Waals surface area contributed by atoms with E-state index in [1.807, 2.05) is 0 Å². The van der Waals surface area contributed by atoms with Crippen LogP contribution in [-0.2, 0) is 21.3 Å². The maximum atomic E-state index is 12.5. The topological polar surface area (TPSA) is 26.3 Å². The molecule has 1 saturated carbocycles. The zero-order valence-corrected chi connectivity index (χ0v) is 10.2. The third-order valence-electron chi connectivity index (χ3n) is 3.38. The van der Waals surface area contributed by atoms with Crippen LogP contribution >= 0.6 is 0 Å². The number of esters is 1. The number of carbonyl (C=O) groups is 1. The van der Waals surface area contributed by atoms with Crippen molar-refractivity contribution < 1.29 is 22.7 Å². The fourth-order valence-corrected chi connectivity index (χ4v) is 2.17. The van der Waals surface area contributed by atoms with Crippen LogP contribution in [0.15, 0.2) is 24.3 Å².